The number of carbonyl (C=O) groups is 1. The third-order valence-corrected chi connectivity index (χ3v) is 3.47. The number of benzene rings is 1. The van der Waals surface area contributed by atoms with Crippen molar-refractivity contribution in [1.82, 2.24) is 4.98 Å². The molecule has 1 amide bonds. The van der Waals surface area contributed by atoms with Crippen molar-refractivity contribution in [3.05, 3.63) is 35.4 Å². The van der Waals surface area contributed by atoms with Gasteiger partial charge in [-0.3, -0.25) is 4.79 Å². The first-order valence-corrected chi connectivity index (χ1v) is 6.77. The molecular weight excluding hydrogens is 254 g/mol. The highest BCUT2D eigenvalue weighted by Gasteiger charge is 2.17. The van der Waals surface area contributed by atoms with Crippen LogP contribution in [0.5, 0.6) is 0 Å². The first-order valence-electron chi connectivity index (χ1n) is 6.77. The third kappa shape index (κ3) is 2.32. The molecule has 0 radical (unpaired) electrons. The molecule has 2 aromatic rings. The number of anilines is 1. The minimum Gasteiger partial charge on any atom is -0.445 e. The quantitative estimate of drug-likeness (QED) is 0.895. The Balaban J connectivity index is 1.96. The minimum absolute atomic E-state index is 0.0769. The smallest absolute Gasteiger partial charge is 0.224 e. The van der Waals surface area contributed by atoms with E-state index < -0.39 is 0 Å². The van der Waals surface area contributed by atoms with Crippen molar-refractivity contribution in [1.29, 1.82) is 0 Å². The maximum Gasteiger partial charge on any atom is 0.224 e. The van der Waals surface area contributed by atoms with Crippen LogP contribution < -0.4 is 11.1 Å². The Hall–Kier alpha value is -2.14. The van der Waals surface area contributed by atoms with Crippen LogP contribution in [-0.2, 0) is 17.6 Å². The highest BCUT2D eigenvalue weighted by Crippen LogP contribution is 2.30. The average Bonchev–Trinajstić information content (AvgIpc) is 2.79. The summed E-state index contributed by atoms with van der Waals surface area (Å²) >= 11 is 0. The molecule has 3 N–H and O–H groups in total. The molecule has 5 heteroatoms. The van der Waals surface area contributed by atoms with Gasteiger partial charge in [0.15, 0.2) is 5.89 Å². The predicted octanol–water partition coefficient (Wildman–Crippen LogP) is 2.04. The molecule has 0 bridgehead atoms. The monoisotopic (exact) mass is 271 g/mol. The maximum atomic E-state index is 11.4. The number of hydrogen-bond donors (Lipinski definition) is 2. The number of amides is 1. The lowest BCUT2D eigenvalue weighted by molar-refractivity contribution is -0.116. The van der Waals surface area contributed by atoms with Crippen molar-refractivity contribution < 1.29 is 9.21 Å². The van der Waals surface area contributed by atoms with Crippen LogP contribution in [0.1, 0.15) is 23.6 Å². The topological polar surface area (TPSA) is 81.2 Å². The van der Waals surface area contributed by atoms with Gasteiger partial charge in [-0.05, 0) is 31.0 Å². The van der Waals surface area contributed by atoms with E-state index >= 15 is 0 Å². The van der Waals surface area contributed by atoms with Crippen LogP contribution in [0.3, 0.4) is 0 Å². The second-order valence-electron chi connectivity index (χ2n) is 4.97. The molecular formula is C15H17N3O2. The lowest BCUT2D eigenvalue weighted by atomic mass is 9.99. The summed E-state index contributed by atoms with van der Waals surface area (Å²) in [5, 5.41) is 2.88. The number of carbonyl (C=O) groups excluding carboxylic acids is 1. The molecule has 5 nitrogen and oxygen atoms in total. The van der Waals surface area contributed by atoms with Gasteiger partial charge in [0, 0.05) is 30.6 Å². The van der Waals surface area contributed by atoms with E-state index in [0.717, 1.165) is 34.7 Å². The fourth-order valence-electron chi connectivity index (χ4n) is 2.48. The molecule has 0 fully saturated rings. The summed E-state index contributed by atoms with van der Waals surface area (Å²) in [6, 6.07) is 5.96. The van der Waals surface area contributed by atoms with E-state index in [1.165, 1.54) is 0 Å². The number of nitrogens with one attached hydrogen (secondary N) is 1. The maximum absolute atomic E-state index is 11.4. The van der Waals surface area contributed by atoms with Crippen LogP contribution in [0.25, 0.3) is 11.3 Å². The van der Waals surface area contributed by atoms with E-state index in [0.29, 0.717) is 25.3 Å². The average molecular weight is 271 g/mol. The summed E-state index contributed by atoms with van der Waals surface area (Å²) in [5.74, 6) is 1.55. The Morgan fingerprint density at radius 3 is 3.05 bits per heavy atom. The molecule has 1 aromatic carbocycles. The lowest BCUT2D eigenvalue weighted by Crippen LogP contribution is -2.18. The van der Waals surface area contributed by atoms with Crippen LogP contribution in [0.2, 0.25) is 0 Å². The van der Waals surface area contributed by atoms with Crippen molar-refractivity contribution in [2.75, 3.05) is 11.9 Å². The van der Waals surface area contributed by atoms with Crippen molar-refractivity contribution in [2.45, 2.75) is 26.2 Å². The highest BCUT2D eigenvalue weighted by atomic mass is 16.4. The second-order valence-corrected chi connectivity index (χ2v) is 4.97. The van der Waals surface area contributed by atoms with Crippen LogP contribution >= 0.6 is 0 Å². The van der Waals surface area contributed by atoms with Gasteiger partial charge < -0.3 is 15.5 Å². The number of oxazole rings is 1. The standard InChI is InChI=1S/C15H17N3O2/c1-9-15(18-14(20-9)6-7-16)11-2-4-12-10(8-11)3-5-13(19)17-12/h2,4,8H,3,5-7,16H2,1H3,(H,17,19). The summed E-state index contributed by atoms with van der Waals surface area (Å²) < 4.78 is 5.61. The Morgan fingerprint density at radius 1 is 1.40 bits per heavy atom. The van der Waals surface area contributed by atoms with Gasteiger partial charge in [-0.15, -0.1) is 0 Å². The zero-order valence-corrected chi connectivity index (χ0v) is 11.4. The molecule has 0 atom stereocenters. The SMILES string of the molecule is Cc1oc(CCN)nc1-c1ccc2c(c1)CCC(=O)N2. The van der Waals surface area contributed by atoms with Crippen LogP contribution in [-0.4, -0.2) is 17.4 Å². The fraction of sp³-hybridized carbons (Fsp3) is 0.333. The molecule has 3 rings (SSSR count). The number of nitrogens with two attached hydrogens (primary N) is 1. The summed E-state index contributed by atoms with van der Waals surface area (Å²) in [6.07, 6.45) is 1.94. The van der Waals surface area contributed by atoms with E-state index in [9.17, 15) is 4.79 Å². The van der Waals surface area contributed by atoms with E-state index in [-0.39, 0.29) is 5.91 Å². The van der Waals surface area contributed by atoms with Gasteiger partial charge in [-0.1, -0.05) is 6.07 Å². The molecule has 0 saturated carbocycles. The van der Waals surface area contributed by atoms with Crippen molar-refractivity contribution in [3.8, 4) is 11.3 Å². The Bertz CT molecular complexity index is 661. The molecule has 20 heavy (non-hydrogen) atoms. The number of aromatic nitrogens is 1. The second kappa shape index (κ2) is 5.09. The van der Waals surface area contributed by atoms with Gasteiger partial charge in [-0.2, -0.15) is 0 Å². The zero-order chi connectivity index (χ0) is 14.1. The number of nitrogens with zero attached hydrogens (tertiary/aromatic N) is 1. The normalized spacial score (nSPS) is 14.0. The molecule has 0 spiro atoms. The van der Waals surface area contributed by atoms with E-state index in [1.807, 2.05) is 19.1 Å². The van der Waals surface area contributed by atoms with Gasteiger partial charge in [0.05, 0.1) is 0 Å². The van der Waals surface area contributed by atoms with Crippen molar-refractivity contribution in [3.63, 3.8) is 0 Å². The molecule has 1 aliphatic rings. The van der Waals surface area contributed by atoms with E-state index in [2.05, 4.69) is 16.4 Å². The molecule has 0 unspecified atom stereocenters. The first kappa shape index (κ1) is 12.9. The molecule has 0 saturated heterocycles. The molecule has 104 valence electrons. The number of aryl methyl sites for hydroxylation is 2. The number of fused-ring (bicyclic) bond motifs is 1. The summed E-state index contributed by atoms with van der Waals surface area (Å²) in [7, 11) is 0. The van der Waals surface area contributed by atoms with Gasteiger partial charge >= 0.3 is 0 Å². The first-order chi connectivity index (χ1) is 9.67. The van der Waals surface area contributed by atoms with E-state index in [4.69, 9.17) is 10.2 Å². The van der Waals surface area contributed by atoms with Crippen LogP contribution in [0.4, 0.5) is 5.69 Å². The molecule has 2 heterocycles. The fourth-order valence-corrected chi connectivity index (χ4v) is 2.48. The summed E-state index contributed by atoms with van der Waals surface area (Å²) in [5.41, 5.74) is 9.44. The minimum atomic E-state index is 0.0769. The largest absolute Gasteiger partial charge is 0.445 e. The zero-order valence-electron chi connectivity index (χ0n) is 11.4. The van der Waals surface area contributed by atoms with E-state index in [1.54, 1.807) is 0 Å². The van der Waals surface area contributed by atoms with Gasteiger partial charge in [0.2, 0.25) is 5.91 Å². The lowest BCUT2D eigenvalue weighted by Gasteiger charge is -2.17. The Kier molecular flexibility index (Phi) is 3.28. The van der Waals surface area contributed by atoms with Gasteiger partial charge in [-0.25, -0.2) is 4.98 Å². The van der Waals surface area contributed by atoms with Gasteiger partial charge in [0.1, 0.15) is 11.5 Å². The van der Waals surface area contributed by atoms with Crippen molar-refractivity contribution >= 4 is 11.6 Å². The molecule has 0 aliphatic carbocycles. The van der Waals surface area contributed by atoms with Crippen LogP contribution in [0, 0.1) is 6.92 Å². The highest BCUT2D eigenvalue weighted by molar-refractivity contribution is 5.94. The summed E-state index contributed by atoms with van der Waals surface area (Å²) in [4.78, 5) is 15.9. The number of rotatable bonds is 3. The Morgan fingerprint density at radius 2 is 2.25 bits per heavy atom. The predicted molar refractivity (Wildman–Crippen MR) is 76.4 cm³/mol. The van der Waals surface area contributed by atoms with Crippen molar-refractivity contribution in [2.24, 2.45) is 5.73 Å². The number of hydrogen-bond acceptors (Lipinski definition) is 4. The summed E-state index contributed by atoms with van der Waals surface area (Å²) in [6.45, 7) is 2.43. The Labute approximate surface area is 117 Å². The molecule has 1 aliphatic heterocycles. The van der Waals surface area contributed by atoms with Gasteiger partial charge in [0.25, 0.3) is 0 Å². The molecule has 1 aromatic heterocycles. The van der Waals surface area contributed by atoms with Crippen LogP contribution in [0.15, 0.2) is 22.6 Å². The third-order valence-electron chi connectivity index (χ3n) is 3.47.